The van der Waals surface area contributed by atoms with Gasteiger partial charge in [0.05, 0.1) is 4.83 Å². The van der Waals surface area contributed by atoms with Gasteiger partial charge in [-0.3, -0.25) is 0 Å². The lowest BCUT2D eigenvalue weighted by Crippen LogP contribution is -2.00. The molecule has 0 heterocycles. The second kappa shape index (κ2) is 5.74. The Morgan fingerprint density at radius 2 is 1.52 bits per heavy atom. The van der Waals surface area contributed by atoms with Crippen molar-refractivity contribution in [3.8, 4) is 0 Å². The molecule has 0 amide bonds. The van der Waals surface area contributed by atoms with Crippen molar-refractivity contribution < 1.29 is 8.78 Å². The van der Waals surface area contributed by atoms with E-state index < -0.39 is 16.5 Å². The summed E-state index contributed by atoms with van der Waals surface area (Å²) in [4.78, 5) is -0.449. The van der Waals surface area contributed by atoms with Gasteiger partial charge in [0.15, 0.2) is 11.6 Å². The second-order valence-corrected chi connectivity index (χ2v) is 6.01. The fraction of sp³-hybridized carbons (Fsp3) is 0.0588. The molecule has 3 aromatic rings. The molecule has 4 heteroatoms. The molecule has 1 unspecified atom stereocenters. The van der Waals surface area contributed by atoms with Crippen molar-refractivity contribution in [2.45, 2.75) is 4.83 Å². The maximum Gasteiger partial charge on any atom is 0.163 e. The normalized spacial score (nSPS) is 12.6. The van der Waals surface area contributed by atoms with E-state index in [4.69, 9.17) is 11.6 Å². The molecule has 0 bridgehead atoms. The first-order valence-corrected chi connectivity index (χ1v) is 7.64. The summed E-state index contributed by atoms with van der Waals surface area (Å²) in [7, 11) is 0. The summed E-state index contributed by atoms with van der Waals surface area (Å²) in [5.74, 6) is -1.69. The van der Waals surface area contributed by atoms with Crippen LogP contribution < -0.4 is 0 Å². The van der Waals surface area contributed by atoms with Gasteiger partial charge < -0.3 is 0 Å². The molecule has 3 rings (SSSR count). The molecule has 106 valence electrons. The van der Waals surface area contributed by atoms with Crippen LogP contribution in [0.3, 0.4) is 0 Å². The molecule has 0 saturated carbocycles. The number of fused-ring (bicyclic) bond motifs is 1. The van der Waals surface area contributed by atoms with Crippen LogP contribution in [-0.4, -0.2) is 0 Å². The molecule has 0 aliphatic carbocycles. The maximum absolute atomic E-state index is 14.0. The summed E-state index contributed by atoms with van der Waals surface area (Å²) < 4.78 is 27.4. The van der Waals surface area contributed by atoms with Crippen molar-refractivity contribution in [2.75, 3.05) is 0 Å². The molecule has 0 N–H and O–H groups in total. The van der Waals surface area contributed by atoms with E-state index in [1.807, 2.05) is 30.3 Å². The molecule has 0 spiro atoms. The highest BCUT2D eigenvalue weighted by molar-refractivity contribution is 9.09. The number of benzene rings is 3. The van der Waals surface area contributed by atoms with E-state index in [9.17, 15) is 8.78 Å². The van der Waals surface area contributed by atoms with Crippen molar-refractivity contribution in [1.82, 2.24) is 0 Å². The van der Waals surface area contributed by atoms with Gasteiger partial charge in [0, 0.05) is 16.0 Å². The third kappa shape index (κ3) is 2.56. The summed E-state index contributed by atoms with van der Waals surface area (Å²) >= 11 is 9.66. The fourth-order valence-electron chi connectivity index (χ4n) is 2.39. The topological polar surface area (TPSA) is 0 Å². The van der Waals surface area contributed by atoms with Crippen LogP contribution >= 0.6 is 27.5 Å². The molecule has 0 radical (unpaired) electrons. The van der Waals surface area contributed by atoms with Crippen LogP contribution in [0.4, 0.5) is 8.78 Å². The first-order valence-electron chi connectivity index (χ1n) is 6.34. The van der Waals surface area contributed by atoms with E-state index in [1.165, 1.54) is 6.07 Å². The summed E-state index contributed by atoms with van der Waals surface area (Å²) in [6.07, 6.45) is 0. The average molecular weight is 368 g/mol. The zero-order chi connectivity index (χ0) is 15.0. The van der Waals surface area contributed by atoms with Gasteiger partial charge in [0.1, 0.15) is 0 Å². The zero-order valence-corrected chi connectivity index (χ0v) is 13.1. The Morgan fingerprint density at radius 1 is 0.810 bits per heavy atom. The van der Waals surface area contributed by atoms with Crippen LogP contribution in [-0.2, 0) is 0 Å². The molecule has 0 aliphatic rings. The molecule has 3 aromatic carbocycles. The Morgan fingerprint density at radius 3 is 2.29 bits per heavy atom. The molecular formula is C17H10BrClF2. The van der Waals surface area contributed by atoms with Crippen molar-refractivity contribution in [2.24, 2.45) is 0 Å². The smallest absolute Gasteiger partial charge is 0.163 e. The van der Waals surface area contributed by atoms with Gasteiger partial charge in [-0.15, -0.1) is 0 Å². The molecule has 0 saturated heterocycles. The molecule has 0 aliphatic heterocycles. The van der Waals surface area contributed by atoms with Crippen LogP contribution in [0.2, 0.25) is 5.02 Å². The quantitative estimate of drug-likeness (QED) is 0.469. The number of hydrogen-bond donors (Lipinski definition) is 0. The summed E-state index contributed by atoms with van der Waals surface area (Å²) in [5, 5.41) is 2.43. The Bertz CT molecular complexity index is 817. The first kappa shape index (κ1) is 14.5. The number of alkyl halides is 1. The molecule has 0 nitrogen and oxygen atoms in total. The van der Waals surface area contributed by atoms with E-state index in [0.29, 0.717) is 5.02 Å². The van der Waals surface area contributed by atoms with Gasteiger partial charge in [-0.25, -0.2) is 8.78 Å². The Balaban J connectivity index is 2.21. The predicted molar refractivity (Wildman–Crippen MR) is 86.1 cm³/mol. The summed E-state index contributed by atoms with van der Waals surface area (Å²) in [6.45, 7) is 0. The van der Waals surface area contributed by atoms with Crippen LogP contribution in [0, 0.1) is 11.6 Å². The van der Waals surface area contributed by atoms with E-state index in [1.54, 1.807) is 12.1 Å². The number of hydrogen-bond acceptors (Lipinski definition) is 0. The summed E-state index contributed by atoms with van der Waals surface area (Å²) in [6, 6.07) is 15.4. The fourth-order valence-corrected chi connectivity index (χ4v) is 3.37. The monoisotopic (exact) mass is 366 g/mol. The Hall–Kier alpha value is -1.45. The molecule has 21 heavy (non-hydrogen) atoms. The van der Waals surface area contributed by atoms with E-state index in [-0.39, 0.29) is 5.56 Å². The lowest BCUT2D eigenvalue weighted by Gasteiger charge is -2.15. The minimum atomic E-state index is -0.852. The summed E-state index contributed by atoms with van der Waals surface area (Å²) in [5.41, 5.74) is 1.11. The van der Waals surface area contributed by atoms with Crippen molar-refractivity contribution in [3.05, 3.63) is 82.4 Å². The van der Waals surface area contributed by atoms with Gasteiger partial charge in [-0.1, -0.05) is 70.0 Å². The molecule has 1 atom stereocenters. The first-order chi connectivity index (χ1) is 10.1. The number of halogens is 4. The van der Waals surface area contributed by atoms with Gasteiger partial charge in [-0.05, 0) is 23.1 Å². The third-order valence-electron chi connectivity index (χ3n) is 3.43. The van der Waals surface area contributed by atoms with Crippen molar-refractivity contribution >= 4 is 38.3 Å². The average Bonchev–Trinajstić information content (AvgIpc) is 2.50. The molecule has 0 fully saturated rings. The van der Waals surface area contributed by atoms with Gasteiger partial charge in [0.25, 0.3) is 0 Å². The van der Waals surface area contributed by atoms with Gasteiger partial charge in [-0.2, -0.15) is 0 Å². The molecule has 0 aromatic heterocycles. The zero-order valence-electron chi connectivity index (χ0n) is 10.8. The second-order valence-electron chi connectivity index (χ2n) is 4.69. The van der Waals surface area contributed by atoms with E-state index >= 15 is 0 Å². The number of rotatable bonds is 2. The van der Waals surface area contributed by atoms with Crippen LogP contribution in [0.1, 0.15) is 16.0 Å². The minimum absolute atomic E-state index is 0.266. The maximum atomic E-state index is 14.0. The van der Waals surface area contributed by atoms with E-state index in [0.717, 1.165) is 22.4 Å². The lowest BCUT2D eigenvalue weighted by atomic mass is 9.98. The van der Waals surface area contributed by atoms with Gasteiger partial charge >= 0.3 is 0 Å². The predicted octanol–water partition coefficient (Wildman–Crippen LogP) is 6.26. The SMILES string of the molecule is Fc1cccc(C(Br)c2ccc(Cl)c3ccccc23)c1F. The molecular weight excluding hydrogens is 358 g/mol. The third-order valence-corrected chi connectivity index (χ3v) is 4.75. The largest absolute Gasteiger partial charge is 0.204 e. The van der Waals surface area contributed by atoms with E-state index in [2.05, 4.69) is 15.9 Å². The highest BCUT2D eigenvalue weighted by Gasteiger charge is 2.19. The lowest BCUT2D eigenvalue weighted by molar-refractivity contribution is 0.500. The standard InChI is InChI=1S/C17H10BrClF2/c18-16(13-6-3-7-15(20)17(13)21)12-8-9-14(19)11-5-2-1-4-10(11)12/h1-9,16H. The van der Waals surface area contributed by atoms with Crippen molar-refractivity contribution in [3.63, 3.8) is 0 Å². The van der Waals surface area contributed by atoms with Gasteiger partial charge in [0.2, 0.25) is 0 Å². The van der Waals surface area contributed by atoms with Crippen LogP contribution in [0.15, 0.2) is 54.6 Å². The Kier molecular flexibility index (Phi) is 3.96. The highest BCUT2D eigenvalue weighted by atomic mass is 79.9. The Labute approximate surface area is 134 Å². The van der Waals surface area contributed by atoms with Crippen molar-refractivity contribution in [1.29, 1.82) is 0 Å². The minimum Gasteiger partial charge on any atom is -0.204 e. The van der Waals surface area contributed by atoms with Crippen LogP contribution in [0.25, 0.3) is 10.8 Å². The highest BCUT2D eigenvalue weighted by Crippen LogP contribution is 2.38. The van der Waals surface area contributed by atoms with Crippen LogP contribution in [0.5, 0.6) is 0 Å².